The molecule has 0 radical (unpaired) electrons. The SMILES string of the molecule is CC1CCN(S(=O)(=O)c2cnccc2N)C(C)C1. The van der Waals surface area contributed by atoms with Crippen molar-refractivity contribution in [3.63, 3.8) is 0 Å². The van der Waals surface area contributed by atoms with E-state index >= 15 is 0 Å². The lowest BCUT2D eigenvalue weighted by atomic mass is 9.95. The molecule has 18 heavy (non-hydrogen) atoms. The summed E-state index contributed by atoms with van der Waals surface area (Å²) >= 11 is 0. The van der Waals surface area contributed by atoms with E-state index in [1.807, 2.05) is 6.92 Å². The van der Waals surface area contributed by atoms with E-state index in [1.165, 1.54) is 18.5 Å². The lowest BCUT2D eigenvalue weighted by molar-refractivity contribution is 0.220. The van der Waals surface area contributed by atoms with E-state index in [4.69, 9.17) is 5.73 Å². The first-order valence-electron chi connectivity index (χ1n) is 6.14. The van der Waals surface area contributed by atoms with E-state index in [9.17, 15) is 8.42 Å². The van der Waals surface area contributed by atoms with Gasteiger partial charge in [0.2, 0.25) is 10.0 Å². The van der Waals surface area contributed by atoms with Gasteiger partial charge in [0.1, 0.15) is 4.90 Å². The number of nitrogen functional groups attached to an aromatic ring is 1. The molecule has 0 aliphatic carbocycles. The van der Waals surface area contributed by atoms with Crippen LogP contribution in [0.4, 0.5) is 5.69 Å². The summed E-state index contributed by atoms with van der Waals surface area (Å²) in [4.78, 5) is 3.98. The molecule has 2 unspecified atom stereocenters. The number of anilines is 1. The quantitative estimate of drug-likeness (QED) is 0.882. The fraction of sp³-hybridized carbons (Fsp3) is 0.583. The Labute approximate surface area is 108 Å². The van der Waals surface area contributed by atoms with Crippen LogP contribution in [0.3, 0.4) is 0 Å². The van der Waals surface area contributed by atoms with E-state index < -0.39 is 10.0 Å². The number of sulfonamides is 1. The van der Waals surface area contributed by atoms with E-state index in [1.54, 1.807) is 4.31 Å². The van der Waals surface area contributed by atoms with Gasteiger partial charge in [0.05, 0.1) is 5.69 Å². The average Bonchev–Trinajstić information content (AvgIpc) is 2.28. The van der Waals surface area contributed by atoms with Crippen LogP contribution >= 0.6 is 0 Å². The summed E-state index contributed by atoms with van der Waals surface area (Å²) in [5, 5.41) is 0. The van der Waals surface area contributed by atoms with Crippen LogP contribution in [-0.2, 0) is 10.0 Å². The number of rotatable bonds is 2. The van der Waals surface area contributed by atoms with Gasteiger partial charge >= 0.3 is 0 Å². The summed E-state index contributed by atoms with van der Waals surface area (Å²) in [6.07, 6.45) is 4.61. The Hall–Kier alpha value is -1.14. The summed E-state index contributed by atoms with van der Waals surface area (Å²) in [5.41, 5.74) is 6.00. The van der Waals surface area contributed by atoms with E-state index in [-0.39, 0.29) is 16.6 Å². The minimum absolute atomic E-state index is 0.0124. The number of piperidine rings is 1. The molecule has 1 fully saturated rings. The molecule has 2 atom stereocenters. The Morgan fingerprint density at radius 2 is 2.17 bits per heavy atom. The van der Waals surface area contributed by atoms with E-state index in [0.29, 0.717) is 12.5 Å². The molecule has 1 aliphatic rings. The molecule has 1 aliphatic heterocycles. The predicted octanol–water partition coefficient (Wildman–Crippen LogP) is 1.47. The van der Waals surface area contributed by atoms with Crippen molar-refractivity contribution in [2.45, 2.75) is 37.6 Å². The summed E-state index contributed by atoms with van der Waals surface area (Å²) in [6, 6.07) is 1.53. The number of pyridine rings is 1. The highest BCUT2D eigenvalue weighted by molar-refractivity contribution is 7.89. The van der Waals surface area contributed by atoms with E-state index in [2.05, 4.69) is 11.9 Å². The van der Waals surface area contributed by atoms with Gasteiger partial charge in [-0.2, -0.15) is 4.31 Å². The summed E-state index contributed by atoms with van der Waals surface area (Å²) in [6.45, 7) is 4.65. The molecule has 2 rings (SSSR count). The zero-order valence-electron chi connectivity index (χ0n) is 10.7. The number of nitrogens with two attached hydrogens (primary N) is 1. The first-order chi connectivity index (χ1) is 8.43. The predicted molar refractivity (Wildman–Crippen MR) is 70.4 cm³/mol. The second-order valence-electron chi connectivity index (χ2n) is 5.01. The van der Waals surface area contributed by atoms with Crippen molar-refractivity contribution in [1.82, 2.24) is 9.29 Å². The highest BCUT2D eigenvalue weighted by Gasteiger charge is 2.34. The van der Waals surface area contributed by atoms with Gasteiger partial charge in [0.25, 0.3) is 0 Å². The molecule has 0 bridgehead atoms. The van der Waals surface area contributed by atoms with Gasteiger partial charge in [-0.1, -0.05) is 6.92 Å². The molecule has 1 aromatic rings. The van der Waals surface area contributed by atoms with Crippen LogP contribution in [0.1, 0.15) is 26.7 Å². The second kappa shape index (κ2) is 4.85. The summed E-state index contributed by atoms with van der Waals surface area (Å²) in [5.74, 6) is 0.567. The van der Waals surface area contributed by atoms with E-state index in [0.717, 1.165) is 12.8 Å². The van der Waals surface area contributed by atoms with Crippen LogP contribution < -0.4 is 5.73 Å². The van der Waals surface area contributed by atoms with Crippen LogP contribution in [0.2, 0.25) is 0 Å². The first kappa shape index (κ1) is 13.3. The van der Waals surface area contributed by atoms with Crippen molar-refractivity contribution in [2.75, 3.05) is 12.3 Å². The fourth-order valence-electron chi connectivity index (χ4n) is 2.48. The van der Waals surface area contributed by atoms with Gasteiger partial charge < -0.3 is 5.73 Å². The zero-order chi connectivity index (χ0) is 13.3. The molecule has 0 aromatic carbocycles. The maximum Gasteiger partial charge on any atom is 0.246 e. The summed E-state index contributed by atoms with van der Waals surface area (Å²) < 4.78 is 26.6. The van der Waals surface area contributed by atoms with Crippen LogP contribution in [-0.4, -0.2) is 30.3 Å². The van der Waals surface area contributed by atoms with Crippen LogP contribution in [0, 0.1) is 5.92 Å². The fourth-order valence-corrected chi connectivity index (χ4v) is 4.19. The van der Waals surface area contributed by atoms with Crippen molar-refractivity contribution < 1.29 is 8.42 Å². The molecule has 0 amide bonds. The van der Waals surface area contributed by atoms with Crippen molar-refractivity contribution in [3.05, 3.63) is 18.5 Å². The Morgan fingerprint density at radius 1 is 1.44 bits per heavy atom. The average molecular weight is 269 g/mol. The van der Waals surface area contributed by atoms with Gasteiger partial charge in [-0.05, 0) is 31.7 Å². The minimum Gasteiger partial charge on any atom is -0.398 e. The lowest BCUT2D eigenvalue weighted by Gasteiger charge is -2.35. The lowest BCUT2D eigenvalue weighted by Crippen LogP contribution is -2.44. The van der Waals surface area contributed by atoms with Gasteiger partial charge in [-0.3, -0.25) is 4.98 Å². The van der Waals surface area contributed by atoms with Gasteiger partial charge in [-0.15, -0.1) is 0 Å². The van der Waals surface area contributed by atoms with Crippen molar-refractivity contribution in [1.29, 1.82) is 0 Å². The maximum absolute atomic E-state index is 12.5. The topological polar surface area (TPSA) is 76.3 Å². The highest BCUT2D eigenvalue weighted by Crippen LogP contribution is 2.29. The molecule has 2 N–H and O–H groups in total. The number of hydrogen-bond donors (Lipinski definition) is 1. The second-order valence-corrected chi connectivity index (χ2v) is 6.87. The molecule has 0 spiro atoms. The molecule has 6 heteroatoms. The van der Waals surface area contributed by atoms with Crippen molar-refractivity contribution in [3.8, 4) is 0 Å². The molecule has 0 saturated carbocycles. The van der Waals surface area contributed by atoms with Crippen molar-refractivity contribution >= 4 is 15.7 Å². The third-order valence-electron chi connectivity index (χ3n) is 3.48. The van der Waals surface area contributed by atoms with Crippen LogP contribution in [0.5, 0.6) is 0 Å². The highest BCUT2D eigenvalue weighted by atomic mass is 32.2. The van der Waals surface area contributed by atoms with Gasteiger partial charge in [-0.25, -0.2) is 8.42 Å². The van der Waals surface area contributed by atoms with Crippen LogP contribution in [0.25, 0.3) is 0 Å². The number of hydrogen-bond acceptors (Lipinski definition) is 4. The molecular weight excluding hydrogens is 250 g/mol. The van der Waals surface area contributed by atoms with Crippen molar-refractivity contribution in [2.24, 2.45) is 5.92 Å². The van der Waals surface area contributed by atoms with Gasteiger partial charge in [0, 0.05) is 25.0 Å². The molecule has 100 valence electrons. The Kier molecular flexibility index (Phi) is 3.59. The molecule has 5 nitrogen and oxygen atoms in total. The number of aromatic nitrogens is 1. The Bertz CT molecular complexity index is 530. The molecule has 1 aromatic heterocycles. The smallest absolute Gasteiger partial charge is 0.246 e. The largest absolute Gasteiger partial charge is 0.398 e. The zero-order valence-corrected chi connectivity index (χ0v) is 11.5. The normalized spacial score (nSPS) is 26.1. The standard InChI is InChI=1S/C12H19N3O2S/c1-9-4-6-15(10(2)7-9)18(16,17)12-8-14-5-3-11(12)13/h3,5,8-10H,4,6-7H2,1-2H3,(H2,13,14). The third kappa shape index (κ3) is 2.35. The maximum atomic E-state index is 12.5. The first-order valence-corrected chi connectivity index (χ1v) is 7.58. The molecule has 2 heterocycles. The third-order valence-corrected chi connectivity index (χ3v) is 5.54. The monoisotopic (exact) mass is 269 g/mol. The Morgan fingerprint density at radius 3 is 2.78 bits per heavy atom. The molecule has 1 saturated heterocycles. The van der Waals surface area contributed by atoms with Gasteiger partial charge in [0.15, 0.2) is 0 Å². The number of nitrogens with zero attached hydrogens (tertiary/aromatic N) is 2. The molecular formula is C12H19N3O2S. The van der Waals surface area contributed by atoms with Crippen LogP contribution in [0.15, 0.2) is 23.4 Å². The Balaban J connectivity index is 2.35. The summed E-state index contributed by atoms with van der Waals surface area (Å²) in [7, 11) is -3.52. The minimum atomic E-state index is -3.52.